The van der Waals surface area contributed by atoms with Gasteiger partial charge in [-0.25, -0.2) is 4.90 Å². The molecule has 3 aromatic carbocycles. The lowest BCUT2D eigenvalue weighted by Gasteiger charge is -2.22. The van der Waals surface area contributed by atoms with Crippen LogP contribution in [-0.4, -0.2) is 39.7 Å². The van der Waals surface area contributed by atoms with Crippen molar-refractivity contribution < 1.29 is 23.8 Å². The van der Waals surface area contributed by atoms with Gasteiger partial charge in [-0.15, -0.1) is 0 Å². The van der Waals surface area contributed by atoms with Gasteiger partial charge in [0.25, 0.3) is 11.8 Å². The van der Waals surface area contributed by atoms with Crippen molar-refractivity contribution in [3.8, 4) is 17.2 Å². The van der Waals surface area contributed by atoms with E-state index in [1.165, 1.54) is 12.0 Å². The highest BCUT2D eigenvalue weighted by molar-refractivity contribution is 6.46. The largest absolute Gasteiger partial charge is 0.497 e. The van der Waals surface area contributed by atoms with Crippen molar-refractivity contribution in [1.82, 2.24) is 0 Å². The van der Waals surface area contributed by atoms with Crippen molar-refractivity contribution in [2.45, 2.75) is 6.42 Å². The van der Waals surface area contributed by atoms with Gasteiger partial charge in [0.05, 0.1) is 32.6 Å². The number of benzene rings is 3. The predicted octanol–water partition coefficient (Wildman–Crippen LogP) is 4.06. The molecule has 0 radical (unpaired) electrons. The zero-order chi connectivity index (χ0) is 23.8. The number of nitrogens with zero attached hydrogens (tertiary/aromatic N) is 2. The van der Waals surface area contributed by atoms with E-state index in [1.807, 2.05) is 23.1 Å². The molecule has 0 N–H and O–H groups in total. The summed E-state index contributed by atoms with van der Waals surface area (Å²) >= 11 is 0. The molecule has 2 aliphatic rings. The Morgan fingerprint density at radius 2 is 1.44 bits per heavy atom. The van der Waals surface area contributed by atoms with Gasteiger partial charge in [0, 0.05) is 18.3 Å². The van der Waals surface area contributed by atoms with Gasteiger partial charge >= 0.3 is 0 Å². The van der Waals surface area contributed by atoms with Gasteiger partial charge in [-0.2, -0.15) is 0 Å². The Hall–Kier alpha value is -4.26. The monoisotopic (exact) mass is 456 g/mol. The average molecular weight is 456 g/mol. The summed E-state index contributed by atoms with van der Waals surface area (Å²) in [7, 11) is 4.63. The molecular weight excluding hydrogens is 432 g/mol. The third kappa shape index (κ3) is 3.37. The fourth-order valence-electron chi connectivity index (χ4n) is 4.55. The van der Waals surface area contributed by atoms with Gasteiger partial charge < -0.3 is 19.1 Å². The van der Waals surface area contributed by atoms with Gasteiger partial charge in [-0.3, -0.25) is 9.59 Å². The maximum absolute atomic E-state index is 13.9. The Labute approximate surface area is 197 Å². The van der Waals surface area contributed by atoms with E-state index < -0.39 is 11.8 Å². The van der Waals surface area contributed by atoms with Crippen LogP contribution in [0.15, 0.2) is 72.4 Å². The van der Waals surface area contributed by atoms with Gasteiger partial charge in [-0.1, -0.05) is 30.3 Å². The lowest BCUT2D eigenvalue weighted by atomic mass is 10.0. The van der Waals surface area contributed by atoms with Crippen LogP contribution in [0.1, 0.15) is 11.1 Å². The van der Waals surface area contributed by atoms with E-state index in [0.29, 0.717) is 46.3 Å². The molecule has 0 aromatic heterocycles. The molecule has 3 aromatic rings. The van der Waals surface area contributed by atoms with E-state index in [1.54, 1.807) is 56.7 Å². The molecule has 2 heterocycles. The highest BCUT2D eigenvalue weighted by Gasteiger charge is 2.45. The summed E-state index contributed by atoms with van der Waals surface area (Å²) in [5.74, 6) is 0.812. The second-order valence-electron chi connectivity index (χ2n) is 7.97. The molecular formula is C27H24N2O5. The molecule has 0 saturated carbocycles. The topological polar surface area (TPSA) is 68.3 Å². The van der Waals surface area contributed by atoms with Crippen LogP contribution in [0.25, 0.3) is 5.57 Å². The smallest absolute Gasteiger partial charge is 0.282 e. The molecule has 2 aliphatic heterocycles. The average Bonchev–Trinajstić information content (AvgIpc) is 3.41. The molecule has 7 nitrogen and oxygen atoms in total. The number of imide groups is 1. The van der Waals surface area contributed by atoms with Gasteiger partial charge in [0.15, 0.2) is 0 Å². The van der Waals surface area contributed by atoms with Crippen LogP contribution in [0.5, 0.6) is 17.2 Å². The number of rotatable bonds is 6. The van der Waals surface area contributed by atoms with Crippen LogP contribution in [-0.2, 0) is 16.0 Å². The number of fused-ring (bicyclic) bond motifs is 1. The number of hydrogen-bond donors (Lipinski definition) is 0. The second kappa shape index (κ2) is 8.59. The predicted molar refractivity (Wildman–Crippen MR) is 129 cm³/mol. The minimum absolute atomic E-state index is 0.349. The lowest BCUT2D eigenvalue weighted by molar-refractivity contribution is -0.120. The van der Waals surface area contributed by atoms with Crippen molar-refractivity contribution >= 4 is 28.8 Å². The second-order valence-corrected chi connectivity index (χ2v) is 7.97. The summed E-state index contributed by atoms with van der Waals surface area (Å²) in [6, 6.07) is 20.2. The Balaban J connectivity index is 1.67. The molecule has 0 saturated heterocycles. The van der Waals surface area contributed by atoms with Crippen molar-refractivity contribution in [2.24, 2.45) is 0 Å². The van der Waals surface area contributed by atoms with E-state index >= 15 is 0 Å². The van der Waals surface area contributed by atoms with Crippen LogP contribution in [0, 0.1) is 0 Å². The van der Waals surface area contributed by atoms with Gasteiger partial charge in [-0.05, 0) is 47.9 Å². The third-order valence-electron chi connectivity index (χ3n) is 6.22. The van der Waals surface area contributed by atoms with Gasteiger partial charge in [0.2, 0.25) is 0 Å². The molecule has 0 unspecified atom stereocenters. The van der Waals surface area contributed by atoms with Crippen LogP contribution >= 0.6 is 0 Å². The van der Waals surface area contributed by atoms with Crippen molar-refractivity contribution in [3.05, 3.63) is 83.6 Å². The van der Waals surface area contributed by atoms with Crippen LogP contribution < -0.4 is 24.0 Å². The molecule has 172 valence electrons. The van der Waals surface area contributed by atoms with Crippen molar-refractivity contribution in [3.63, 3.8) is 0 Å². The number of hydrogen-bond acceptors (Lipinski definition) is 6. The zero-order valence-electron chi connectivity index (χ0n) is 19.2. The highest BCUT2D eigenvalue weighted by atomic mass is 16.5. The summed E-state index contributed by atoms with van der Waals surface area (Å²) in [5.41, 5.74) is 3.80. The summed E-state index contributed by atoms with van der Waals surface area (Å²) in [5, 5.41) is 0. The first-order valence-corrected chi connectivity index (χ1v) is 10.9. The summed E-state index contributed by atoms with van der Waals surface area (Å²) in [6.45, 7) is 0.612. The maximum atomic E-state index is 13.9. The number of methoxy groups -OCH3 is 3. The SMILES string of the molecule is COc1ccc(C2=C(N3CCc4ccccc43)C(=O)N(c3ccc(OC)cc3OC)C2=O)cc1. The number of carbonyl (C=O) groups is 2. The van der Waals surface area contributed by atoms with Gasteiger partial charge in [0.1, 0.15) is 22.9 Å². The fraction of sp³-hybridized carbons (Fsp3) is 0.185. The van der Waals surface area contributed by atoms with Crippen LogP contribution in [0.3, 0.4) is 0 Å². The molecule has 34 heavy (non-hydrogen) atoms. The molecule has 0 spiro atoms. The van der Waals surface area contributed by atoms with Crippen LogP contribution in [0.2, 0.25) is 0 Å². The summed E-state index contributed by atoms with van der Waals surface area (Å²) in [6.07, 6.45) is 0.795. The van der Waals surface area contributed by atoms with E-state index in [2.05, 4.69) is 6.07 Å². The zero-order valence-corrected chi connectivity index (χ0v) is 19.2. The normalized spacial score (nSPS) is 15.1. The first-order valence-electron chi connectivity index (χ1n) is 10.9. The first kappa shape index (κ1) is 21.6. The minimum Gasteiger partial charge on any atom is -0.497 e. The Bertz CT molecular complexity index is 1310. The van der Waals surface area contributed by atoms with E-state index in [9.17, 15) is 9.59 Å². The molecule has 0 atom stereocenters. The number of anilines is 2. The Morgan fingerprint density at radius 3 is 2.15 bits per heavy atom. The van der Waals surface area contributed by atoms with E-state index in [0.717, 1.165) is 17.7 Å². The van der Waals surface area contributed by atoms with E-state index in [-0.39, 0.29) is 0 Å². The lowest BCUT2D eigenvalue weighted by Crippen LogP contribution is -2.35. The van der Waals surface area contributed by atoms with Crippen molar-refractivity contribution in [1.29, 1.82) is 0 Å². The fourth-order valence-corrected chi connectivity index (χ4v) is 4.55. The molecule has 2 amide bonds. The number of carbonyl (C=O) groups excluding carboxylic acids is 2. The molecule has 7 heteroatoms. The Kier molecular flexibility index (Phi) is 5.45. The quantitative estimate of drug-likeness (QED) is 0.521. The first-order chi connectivity index (χ1) is 16.6. The number of amides is 2. The van der Waals surface area contributed by atoms with Crippen molar-refractivity contribution in [2.75, 3.05) is 37.7 Å². The summed E-state index contributed by atoms with van der Waals surface area (Å²) in [4.78, 5) is 31.0. The van der Waals surface area contributed by atoms with Crippen LogP contribution in [0.4, 0.5) is 11.4 Å². The third-order valence-corrected chi connectivity index (χ3v) is 6.22. The minimum atomic E-state index is -0.405. The highest BCUT2D eigenvalue weighted by Crippen LogP contribution is 2.43. The summed E-state index contributed by atoms with van der Waals surface area (Å²) < 4.78 is 16.1. The molecule has 0 aliphatic carbocycles. The molecule has 0 bridgehead atoms. The molecule has 0 fully saturated rings. The standard InChI is InChI=1S/C27H24N2O5/c1-32-19-10-8-18(9-11-19)24-25(28-15-14-17-6-4-5-7-21(17)28)27(31)29(26(24)30)22-13-12-20(33-2)16-23(22)34-3/h4-13,16H,14-15H2,1-3H3. The Morgan fingerprint density at radius 1 is 0.735 bits per heavy atom. The number of para-hydroxylation sites is 1. The number of ether oxygens (including phenoxy) is 3. The molecule has 5 rings (SSSR count). The van der Waals surface area contributed by atoms with E-state index in [4.69, 9.17) is 14.2 Å². The maximum Gasteiger partial charge on any atom is 0.282 e.